The predicted octanol–water partition coefficient (Wildman–Crippen LogP) is 3.71. The Labute approximate surface area is 118 Å². The molecule has 0 heterocycles. The van der Waals surface area contributed by atoms with E-state index in [4.69, 9.17) is 11.6 Å². The van der Waals surface area contributed by atoms with E-state index in [1.807, 2.05) is 0 Å². The Morgan fingerprint density at radius 2 is 2.05 bits per heavy atom. The van der Waals surface area contributed by atoms with E-state index in [2.05, 4.69) is 5.32 Å². The quantitative estimate of drug-likeness (QED) is 0.666. The summed E-state index contributed by atoms with van der Waals surface area (Å²) in [6.07, 6.45) is 0. The van der Waals surface area contributed by atoms with Gasteiger partial charge >= 0.3 is 0 Å². The van der Waals surface area contributed by atoms with Gasteiger partial charge in [0.05, 0.1) is 4.92 Å². The molecule has 20 heavy (non-hydrogen) atoms. The van der Waals surface area contributed by atoms with E-state index in [9.17, 15) is 19.6 Å². The third kappa shape index (κ3) is 3.36. The minimum Gasteiger partial charge on any atom is -0.508 e. The summed E-state index contributed by atoms with van der Waals surface area (Å²) >= 11 is 5.70. The molecule has 0 aliphatic heterocycles. The summed E-state index contributed by atoms with van der Waals surface area (Å²) < 4.78 is 13.1. The summed E-state index contributed by atoms with van der Waals surface area (Å²) in [4.78, 5) is 10.2. The van der Waals surface area contributed by atoms with Crippen LogP contribution in [0.1, 0.15) is 5.56 Å². The highest BCUT2D eigenvalue weighted by molar-refractivity contribution is 6.32. The van der Waals surface area contributed by atoms with Crippen molar-refractivity contribution in [2.24, 2.45) is 0 Å². The molecule has 0 aromatic heterocycles. The standard InChI is InChI=1S/C13H10ClFN2O3/c14-12-2-1-10(6-13(12)17(19)20)16-7-8-3-9(15)5-11(18)4-8/h1-6,16,18H,7H2. The Balaban J connectivity index is 2.14. The maximum absolute atomic E-state index is 13.1. The summed E-state index contributed by atoms with van der Waals surface area (Å²) in [7, 11) is 0. The third-order valence-corrected chi connectivity index (χ3v) is 2.90. The summed E-state index contributed by atoms with van der Waals surface area (Å²) in [5.74, 6) is -0.729. The molecule has 2 aromatic rings. The molecule has 0 atom stereocenters. The fourth-order valence-corrected chi connectivity index (χ4v) is 1.89. The largest absolute Gasteiger partial charge is 0.508 e. The summed E-state index contributed by atoms with van der Waals surface area (Å²) in [6.45, 7) is 0.212. The maximum Gasteiger partial charge on any atom is 0.289 e. The first-order chi connectivity index (χ1) is 9.45. The number of halogens is 2. The third-order valence-electron chi connectivity index (χ3n) is 2.58. The molecule has 2 N–H and O–H groups in total. The molecule has 0 unspecified atom stereocenters. The first-order valence-electron chi connectivity index (χ1n) is 5.62. The van der Waals surface area contributed by atoms with Crippen LogP contribution in [0.25, 0.3) is 0 Å². The number of benzene rings is 2. The SMILES string of the molecule is O=[N+]([O-])c1cc(NCc2cc(O)cc(F)c2)ccc1Cl. The molecule has 0 spiro atoms. The van der Waals surface area contributed by atoms with Gasteiger partial charge in [-0.15, -0.1) is 0 Å². The molecule has 0 fully saturated rings. The minimum atomic E-state index is -0.582. The molecular formula is C13H10ClFN2O3. The monoisotopic (exact) mass is 296 g/mol. The van der Waals surface area contributed by atoms with E-state index in [1.54, 1.807) is 6.07 Å². The number of phenols is 1. The van der Waals surface area contributed by atoms with Crippen LogP contribution in [0.5, 0.6) is 5.75 Å². The van der Waals surface area contributed by atoms with Gasteiger partial charge in [0.25, 0.3) is 5.69 Å². The molecule has 0 saturated heterocycles. The zero-order valence-corrected chi connectivity index (χ0v) is 10.9. The maximum atomic E-state index is 13.1. The van der Waals surface area contributed by atoms with E-state index in [0.717, 1.165) is 6.07 Å². The van der Waals surface area contributed by atoms with Crippen molar-refractivity contribution in [3.8, 4) is 5.75 Å². The van der Waals surface area contributed by atoms with Crippen LogP contribution in [-0.4, -0.2) is 10.0 Å². The second kappa shape index (κ2) is 5.75. The van der Waals surface area contributed by atoms with Gasteiger partial charge < -0.3 is 10.4 Å². The highest BCUT2D eigenvalue weighted by Crippen LogP contribution is 2.27. The van der Waals surface area contributed by atoms with Crippen molar-refractivity contribution in [2.75, 3.05) is 5.32 Å². The van der Waals surface area contributed by atoms with Gasteiger partial charge in [-0.2, -0.15) is 0 Å². The van der Waals surface area contributed by atoms with Crippen LogP contribution in [0.4, 0.5) is 15.8 Å². The number of rotatable bonds is 4. The van der Waals surface area contributed by atoms with Crippen molar-refractivity contribution in [1.82, 2.24) is 0 Å². The normalized spacial score (nSPS) is 10.3. The van der Waals surface area contributed by atoms with Crippen LogP contribution in [0.3, 0.4) is 0 Å². The molecule has 0 amide bonds. The lowest BCUT2D eigenvalue weighted by Crippen LogP contribution is -2.00. The number of nitro benzene ring substituents is 1. The van der Waals surface area contributed by atoms with Gasteiger partial charge in [-0.1, -0.05) is 11.6 Å². The zero-order valence-electron chi connectivity index (χ0n) is 10.1. The first kappa shape index (κ1) is 14.1. The number of nitro groups is 1. The van der Waals surface area contributed by atoms with E-state index in [1.165, 1.54) is 24.3 Å². The molecule has 2 aromatic carbocycles. The molecule has 0 aliphatic carbocycles. The Bertz CT molecular complexity index is 644. The van der Waals surface area contributed by atoms with Crippen molar-refractivity contribution < 1.29 is 14.4 Å². The highest BCUT2D eigenvalue weighted by Gasteiger charge is 2.12. The summed E-state index contributed by atoms with van der Waals surface area (Å²) in [5, 5.41) is 23.0. The number of anilines is 1. The second-order valence-electron chi connectivity index (χ2n) is 4.09. The van der Waals surface area contributed by atoms with Gasteiger partial charge in [0, 0.05) is 24.4 Å². The molecule has 0 bridgehead atoms. The molecule has 0 saturated carbocycles. The smallest absolute Gasteiger partial charge is 0.289 e. The van der Waals surface area contributed by atoms with E-state index >= 15 is 0 Å². The van der Waals surface area contributed by atoms with Crippen LogP contribution in [0.15, 0.2) is 36.4 Å². The molecule has 104 valence electrons. The Hall–Kier alpha value is -2.34. The zero-order chi connectivity index (χ0) is 14.7. The molecule has 7 heteroatoms. The lowest BCUT2D eigenvalue weighted by molar-refractivity contribution is -0.384. The summed E-state index contributed by atoms with van der Waals surface area (Å²) in [6, 6.07) is 7.94. The lowest BCUT2D eigenvalue weighted by atomic mass is 10.2. The van der Waals surface area contributed by atoms with Gasteiger partial charge in [0.15, 0.2) is 0 Å². The molecule has 2 rings (SSSR count). The Morgan fingerprint density at radius 1 is 1.30 bits per heavy atom. The van der Waals surface area contributed by atoms with E-state index < -0.39 is 10.7 Å². The Morgan fingerprint density at radius 3 is 2.70 bits per heavy atom. The average molecular weight is 297 g/mol. The van der Waals surface area contributed by atoms with Crippen LogP contribution in [0, 0.1) is 15.9 Å². The topological polar surface area (TPSA) is 75.4 Å². The molecule has 0 radical (unpaired) electrons. The molecular weight excluding hydrogens is 287 g/mol. The highest BCUT2D eigenvalue weighted by atomic mass is 35.5. The van der Waals surface area contributed by atoms with Crippen molar-refractivity contribution in [2.45, 2.75) is 6.54 Å². The number of phenolic OH excluding ortho intramolecular Hbond substituents is 1. The van der Waals surface area contributed by atoms with Gasteiger partial charge in [-0.25, -0.2) is 4.39 Å². The number of hydrogen-bond acceptors (Lipinski definition) is 4. The average Bonchev–Trinajstić information content (AvgIpc) is 2.36. The summed E-state index contributed by atoms with van der Waals surface area (Å²) in [5.41, 5.74) is 0.781. The van der Waals surface area contributed by atoms with Crippen molar-refractivity contribution in [1.29, 1.82) is 0 Å². The van der Waals surface area contributed by atoms with Crippen molar-refractivity contribution >= 4 is 23.0 Å². The number of nitrogens with one attached hydrogen (secondary N) is 1. The van der Waals surface area contributed by atoms with Crippen LogP contribution >= 0.6 is 11.6 Å². The molecule has 5 nitrogen and oxygen atoms in total. The van der Waals surface area contributed by atoms with Crippen LogP contribution in [0.2, 0.25) is 5.02 Å². The van der Waals surface area contributed by atoms with Crippen molar-refractivity contribution in [3.05, 3.63) is 62.9 Å². The van der Waals surface area contributed by atoms with Gasteiger partial charge in [0.1, 0.15) is 16.6 Å². The van der Waals surface area contributed by atoms with Gasteiger partial charge in [-0.05, 0) is 29.8 Å². The fourth-order valence-electron chi connectivity index (χ4n) is 1.70. The minimum absolute atomic E-state index is 0.0453. The van der Waals surface area contributed by atoms with Crippen LogP contribution in [-0.2, 0) is 6.54 Å². The number of aromatic hydroxyl groups is 1. The van der Waals surface area contributed by atoms with Gasteiger partial charge in [-0.3, -0.25) is 10.1 Å². The predicted molar refractivity (Wildman–Crippen MR) is 73.5 cm³/mol. The fraction of sp³-hybridized carbons (Fsp3) is 0.0769. The first-order valence-corrected chi connectivity index (χ1v) is 6.00. The lowest BCUT2D eigenvalue weighted by Gasteiger charge is -2.07. The van der Waals surface area contributed by atoms with Crippen molar-refractivity contribution in [3.63, 3.8) is 0 Å². The molecule has 0 aliphatic rings. The van der Waals surface area contributed by atoms with E-state index in [-0.39, 0.29) is 23.0 Å². The number of hydrogen-bond donors (Lipinski definition) is 2. The van der Waals surface area contributed by atoms with Crippen LogP contribution < -0.4 is 5.32 Å². The van der Waals surface area contributed by atoms with Gasteiger partial charge in [0.2, 0.25) is 0 Å². The Kier molecular flexibility index (Phi) is 4.05. The number of nitrogens with zero attached hydrogens (tertiary/aromatic N) is 1. The second-order valence-corrected chi connectivity index (χ2v) is 4.50. The van der Waals surface area contributed by atoms with E-state index in [0.29, 0.717) is 11.3 Å².